The van der Waals surface area contributed by atoms with Crippen LogP contribution >= 0.6 is 28.1 Å². The zero-order valence-corrected chi connectivity index (χ0v) is 18.2. The van der Waals surface area contributed by atoms with E-state index in [4.69, 9.17) is 17.0 Å². The summed E-state index contributed by atoms with van der Waals surface area (Å²) in [6.07, 6.45) is 0. The van der Waals surface area contributed by atoms with Crippen LogP contribution in [0.1, 0.15) is 40.1 Å². The molecular weight excluding hydrogens is 442 g/mol. The van der Waals surface area contributed by atoms with Crippen molar-refractivity contribution in [1.29, 1.82) is 0 Å². The Balaban J connectivity index is 1.96. The first-order valence-electron chi connectivity index (χ1n) is 8.67. The molecule has 2 aromatic carbocycles. The second-order valence-electron chi connectivity index (χ2n) is 6.57. The van der Waals surface area contributed by atoms with Crippen molar-refractivity contribution in [2.24, 2.45) is 5.92 Å². The van der Waals surface area contributed by atoms with Gasteiger partial charge in [-0.2, -0.15) is 0 Å². The topological polar surface area (TPSA) is 79.5 Å². The molecule has 0 aliphatic rings. The van der Waals surface area contributed by atoms with Crippen molar-refractivity contribution in [1.82, 2.24) is 16.2 Å². The third kappa shape index (κ3) is 6.61. The van der Waals surface area contributed by atoms with E-state index in [2.05, 4.69) is 32.1 Å². The lowest BCUT2D eigenvalue weighted by Gasteiger charge is -2.15. The molecule has 0 heterocycles. The van der Waals surface area contributed by atoms with Crippen molar-refractivity contribution >= 4 is 45.1 Å². The van der Waals surface area contributed by atoms with Crippen LogP contribution in [0.5, 0.6) is 5.75 Å². The number of ether oxygens (including phenoxy) is 1. The SMILES string of the molecule is Cc1ccc(C(=O)NNC(=S)NC(=O)c2cc(Br)ccc2OCC(C)C)cc1. The second kappa shape index (κ2) is 10.2. The second-order valence-corrected chi connectivity index (χ2v) is 7.90. The molecule has 2 amide bonds. The van der Waals surface area contributed by atoms with Gasteiger partial charge in [0.2, 0.25) is 0 Å². The Bertz CT molecular complexity index is 869. The number of amides is 2. The molecule has 0 unspecified atom stereocenters. The minimum atomic E-state index is -0.442. The van der Waals surface area contributed by atoms with Crippen LogP contribution in [-0.4, -0.2) is 23.5 Å². The maximum Gasteiger partial charge on any atom is 0.269 e. The van der Waals surface area contributed by atoms with Gasteiger partial charge in [-0.1, -0.05) is 47.5 Å². The molecule has 0 atom stereocenters. The van der Waals surface area contributed by atoms with Gasteiger partial charge in [-0.15, -0.1) is 0 Å². The summed E-state index contributed by atoms with van der Waals surface area (Å²) in [5.41, 5.74) is 6.85. The number of carbonyl (C=O) groups is 2. The predicted octanol–water partition coefficient (Wildman–Crippen LogP) is 3.74. The van der Waals surface area contributed by atoms with Gasteiger partial charge < -0.3 is 4.74 Å². The fraction of sp³-hybridized carbons (Fsp3) is 0.250. The molecular formula is C20H22BrN3O3S. The first kappa shape index (κ1) is 21.8. The number of hydrazine groups is 1. The molecule has 28 heavy (non-hydrogen) atoms. The number of hydrogen-bond donors (Lipinski definition) is 3. The highest BCUT2D eigenvalue weighted by atomic mass is 79.9. The van der Waals surface area contributed by atoms with Gasteiger partial charge in [0.05, 0.1) is 12.2 Å². The maximum absolute atomic E-state index is 12.6. The highest BCUT2D eigenvalue weighted by Crippen LogP contribution is 2.23. The van der Waals surface area contributed by atoms with Gasteiger partial charge in [0.1, 0.15) is 5.75 Å². The summed E-state index contributed by atoms with van der Waals surface area (Å²) in [7, 11) is 0. The van der Waals surface area contributed by atoms with Crippen LogP contribution in [0.2, 0.25) is 0 Å². The van der Waals surface area contributed by atoms with Gasteiger partial charge in [-0.05, 0) is 55.4 Å². The quantitative estimate of drug-likeness (QED) is 0.464. The third-order valence-electron chi connectivity index (χ3n) is 3.59. The Hall–Kier alpha value is -2.45. The van der Waals surface area contributed by atoms with Crippen LogP contribution in [-0.2, 0) is 0 Å². The van der Waals surface area contributed by atoms with Crippen LogP contribution in [0.3, 0.4) is 0 Å². The first-order chi connectivity index (χ1) is 13.3. The van der Waals surface area contributed by atoms with E-state index in [1.54, 1.807) is 30.3 Å². The summed E-state index contributed by atoms with van der Waals surface area (Å²) in [5, 5.41) is 2.51. The van der Waals surface area contributed by atoms with Crippen molar-refractivity contribution in [3.8, 4) is 5.75 Å². The van der Waals surface area contributed by atoms with Crippen LogP contribution < -0.4 is 20.9 Å². The number of carbonyl (C=O) groups excluding carboxylic acids is 2. The van der Waals surface area contributed by atoms with E-state index in [9.17, 15) is 9.59 Å². The van der Waals surface area contributed by atoms with Gasteiger partial charge in [0.25, 0.3) is 11.8 Å². The summed E-state index contributed by atoms with van der Waals surface area (Å²) >= 11 is 8.44. The van der Waals surface area contributed by atoms with Gasteiger partial charge in [-0.3, -0.25) is 25.8 Å². The Kier molecular flexibility index (Phi) is 7.95. The molecule has 0 radical (unpaired) electrons. The minimum absolute atomic E-state index is 0.0275. The third-order valence-corrected chi connectivity index (χ3v) is 4.29. The Morgan fingerprint density at radius 2 is 1.75 bits per heavy atom. The average Bonchev–Trinajstić information content (AvgIpc) is 2.65. The standard InChI is InChI=1S/C20H22BrN3O3S/c1-12(2)11-27-17-9-8-15(21)10-16(17)19(26)22-20(28)24-23-18(25)14-6-4-13(3)5-7-14/h4-10,12H,11H2,1-3H3,(H,23,25)(H2,22,24,26,28). The first-order valence-corrected chi connectivity index (χ1v) is 9.87. The molecule has 0 spiro atoms. The van der Waals surface area contributed by atoms with E-state index >= 15 is 0 Å². The summed E-state index contributed by atoms with van der Waals surface area (Å²) < 4.78 is 6.44. The highest BCUT2D eigenvalue weighted by molar-refractivity contribution is 9.10. The lowest BCUT2D eigenvalue weighted by atomic mass is 10.1. The Labute approximate surface area is 178 Å². The number of hydrogen-bond acceptors (Lipinski definition) is 4. The lowest BCUT2D eigenvalue weighted by molar-refractivity contribution is 0.0933. The number of thiocarbonyl (C=S) groups is 1. The molecule has 3 N–H and O–H groups in total. The van der Waals surface area contributed by atoms with E-state index in [-0.39, 0.29) is 11.0 Å². The van der Waals surface area contributed by atoms with Gasteiger partial charge in [0, 0.05) is 10.0 Å². The zero-order chi connectivity index (χ0) is 20.7. The van der Waals surface area contributed by atoms with Crippen molar-refractivity contribution in [3.63, 3.8) is 0 Å². The Morgan fingerprint density at radius 1 is 1.07 bits per heavy atom. The highest BCUT2D eigenvalue weighted by Gasteiger charge is 2.15. The monoisotopic (exact) mass is 463 g/mol. The van der Waals surface area contributed by atoms with Crippen LogP contribution in [0.15, 0.2) is 46.9 Å². The number of nitrogens with one attached hydrogen (secondary N) is 3. The normalized spacial score (nSPS) is 10.3. The number of benzene rings is 2. The number of halogens is 1. The molecule has 6 nitrogen and oxygen atoms in total. The number of rotatable bonds is 5. The van der Waals surface area contributed by atoms with E-state index in [0.717, 1.165) is 10.0 Å². The maximum atomic E-state index is 12.6. The summed E-state index contributed by atoms with van der Waals surface area (Å²) in [6.45, 7) is 6.46. The molecule has 0 saturated heterocycles. The van der Waals surface area contributed by atoms with Gasteiger partial charge >= 0.3 is 0 Å². The molecule has 2 rings (SSSR count). The number of aryl methyl sites for hydroxylation is 1. The molecule has 0 bridgehead atoms. The largest absolute Gasteiger partial charge is 0.492 e. The molecule has 0 aromatic heterocycles. The molecule has 148 valence electrons. The van der Waals surface area contributed by atoms with Crippen LogP contribution in [0.4, 0.5) is 0 Å². The smallest absolute Gasteiger partial charge is 0.269 e. The van der Waals surface area contributed by atoms with Crippen molar-refractivity contribution in [2.45, 2.75) is 20.8 Å². The van der Waals surface area contributed by atoms with Gasteiger partial charge in [-0.25, -0.2) is 0 Å². The molecule has 0 aliphatic heterocycles. The molecule has 0 fully saturated rings. The Morgan fingerprint density at radius 3 is 2.39 bits per heavy atom. The van der Waals surface area contributed by atoms with E-state index < -0.39 is 5.91 Å². The van der Waals surface area contributed by atoms with E-state index in [1.807, 2.05) is 32.9 Å². The van der Waals surface area contributed by atoms with E-state index in [1.165, 1.54) is 0 Å². The predicted molar refractivity (Wildman–Crippen MR) is 116 cm³/mol. The summed E-state index contributed by atoms with van der Waals surface area (Å²) in [6, 6.07) is 12.2. The van der Waals surface area contributed by atoms with E-state index in [0.29, 0.717) is 29.4 Å². The molecule has 0 saturated carbocycles. The van der Waals surface area contributed by atoms with Crippen molar-refractivity contribution in [3.05, 3.63) is 63.6 Å². The van der Waals surface area contributed by atoms with Crippen LogP contribution in [0, 0.1) is 12.8 Å². The molecule has 8 heteroatoms. The summed E-state index contributed by atoms with van der Waals surface area (Å²) in [4.78, 5) is 24.7. The molecule has 2 aromatic rings. The van der Waals surface area contributed by atoms with Crippen molar-refractivity contribution < 1.29 is 14.3 Å². The van der Waals surface area contributed by atoms with Crippen LogP contribution in [0.25, 0.3) is 0 Å². The van der Waals surface area contributed by atoms with Gasteiger partial charge in [0.15, 0.2) is 5.11 Å². The average molecular weight is 464 g/mol. The fourth-order valence-corrected chi connectivity index (χ4v) is 2.66. The molecule has 0 aliphatic carbocycles. The minimum Gasteiger partial charge on any atom is -0.492 e. The zero-order valence-electron chi connectivity index (χ0n) is 15.8. The lowest BCUT2D eigenvalue weighted by Crippen LogP contribution is -2.48. The van der Waals surface area contributed by atoms with Crippen molar-refractivity contribution in [2.75, 3.05) is 6.61 Å². The summed E-state index contributed by atoms with van der Waals surface area (Å²) in [5.74, 6) is -0.0256. The fourth-order valence-electron chi connectivity index (χ4n) is 2.15.